The lowest BCUT2D eigenvalue weighted by molar-refractivity contribution is -0.115. The van der Waals surface area contributed by atoms with E-state index in [1.165, 1.54) is 16.1 Å². The van der Waals surface area contributed by atoms with E-state index in [2.05, 4.69) is 38.8 Å². The molecule has 0 bridgehead atoms. The molecular formula is C23H21N3OS. The van der Waals surface area contributed by atoms with Crippen LogP contribution in [0.2, 0.25) is 0 Å². The van der Waals surface area contributed by atoms with Gasteiger partial charge in [0.05, 0.1) is 6.42 Å². The molecular weight excluding hydrogens is 366 g/mol. The molecule has 140 valence electrons. The third-order valence-electron chi connectivity index (χ3n) is 5.35. The largest absolute Gasteiger partial charge is 0.367 e. The third kappa shape index (κ3) is 3.29. The van der Waals surface area contributed by atoms with Crippen LogP contribution in [0.15, 0.2) is 66.2 Å². The number of nitrogens with zero attached hydrogens (tertiary/aromatic N) is 1. The first-order valence-electron chi connectivity index (χ1n) is 9.51. The molecule has 4 aromatic rings. The molecule has 0 saturated carbocycles. The third-order valence-corrected chi connectivity index (χ3v) is 6.37. The van der Waals surface area contributed by atoms with Crippen molar-refractivity contribution in [2.24, 2.45) is 0 Å². The fourth-order valence-electron chi connectivity index (χ4n) is 3.88. The Morgan fingerprint density at radius 1 is 1.11 bits per heavy atom. The molecule has 4 nitrogen and oxygen atoms in total. The van der Waals surface area contributed by atoms with Crippen LogP contribution >= 0.6 is 11.3 Å². The number of rotatable bonds is 4. The van der Waals surface area contributed by atoms with E-state index in [-0.39, 0.29) is 5.91 Å². The van der Waals surface area contributed by atoms with E-state index in [1.54, 1.807) is 0 Å². The van der Waals surface area contributed by atoms with Gasteiger partial charge in [0.1, 0.15) is 0 Å². The van der Waals surface area contributed by atoms with Gasteiger partial charge in [0.2, 0.25) is 5.91 Å². The number of carbonyl (C=O) groups excluding carboxylic acids is 1. The van der Waals surface area contributed by atoms with Crippen LogP contribution in [-0.4, -0.2) is 17.4 Å². The van der Waals surface area contributed by atoms with Gasteiger partial charge in [0.25, 0.3) is 0 Å². The summed E-state index contributed by atoms with van der Waals surface area (Å²) in [4.78, 5) is 19.6. The Morgan fingerprint density at radius 3 is 2.86 bits per heavy atom. The number of amides is 1. The number of thiophene rings is 1. The van der Waals surface area contributed by atoms with E-state index in [1.807, 2.05) is 53.9 Å². The highest BCUT2D eigenvalue weighted by molar-refractivity contribution is 7.10. The maximum Gasteiger partial charge on any atom is 0.228 e. The lowest BCUT2D eigenvalue weighted by atomic mass is 10.1. The number of fused-ring (bicyclic) bond motifs is 2. The Morgan fingerprint density at radius 2 is 1.96 bits per heavy atom. The molecule has 0 unspecified atom stereocenters. The average molecular weight is 388 g/mol. The molecule has 2 N–H and O–H groups in total. The number of para-hydroxylation sites is 1. The summed E-state index contributed by atoms with van der Waals surface area (Å²) in [6.07, 6.45) is 3.39. The molecule has 0 aliphatic carbocycles. The standard InChI is InChI=1S/C23H21N3OS/c27-23(13-17-14-24-21-4-2-1-3-20(17)21)25-18-5-7-19(8-6-18)26-11-9-22-16(15-26)10-12-28-22/h1-8,10,12,14,24H,9,11,13,15H2,(H,25,27). The van der Waals surface area contributed by atoms with Gasteiger partial charge in [-0.05, 0) is 59.3 Å². The smallest absolute Gasteiger partial charge is 0.228 e. The molecule has 1 amide bonds. The summed E-state index contributed by atoms with van der Waals surface area (Å²) in [7, 11) is 0. The summed E-state index contributed by atoms with van der Waals surface area (Å²) in [6.45, 7) is 2.00. The highest BCUT2D eigenvalue weighted by Gasteiger charge is 2.17. The Kier molecular flexibility index (Phi) is 4.37. The van der Waals surface area contributed by atoms with Gasteiger partial charge in [-0.2, -0.15) is 0 Å². The number of carbonyl (C=O) groups is 1. The molecule has 2 aromatic carbocycles. The van der Waals surface area contributed by atoms with E-state index in [9.17, 15) is 4.79 Å². The van der Waals surface area contributed by atoms with Crippen LogP contribution in [-0.2, 0) is 24.2 Å². The quantitative estimate of drug-likeness (QED) is 0.519. The number of benzene rings is 2. The van der Waals surface area contributed by atoms with Crippen LogP contribution < -0.4 is 10.2 Å². The highest BCUT2D eigenvalue weighted by Crippen LogP contribution is 2.28. The van der Waals surface area contributed by atoms with Crippen molar-refractivity contribution in [2.75, 3.05) is 16.8 Å². The van der Waals surface area contributed by atoms with Crippen molar-refractivity contribution in [2.45, 2.75) is 19.4 Å². The van der Waals surface area contributed by atoms with Crippen molar-refractivity contribution in [3.8, 4) is 0 Å². The lowest BCUT2D eigenvalue weighted by Gasteiger charge is -2.29. The van der Waals surface area contributed by atoms with Gasteiger partial charge in [-0.15, -0.1) is 11.3 Å². The molecule has 0 spiro atoms. The van der Waals surface area contributed by atoms with Crippen LogP contribution in [0, 0.1) is 0 Å². The molecule has 5 heteroatoms. The van der Waals surface area contributed by atoms with Crippen molar-refractivity contribution in [3.63, 3.8) is 0 Å². The number of aromatic nitrogens is 1. The zero-order valence-corrected chi connectivity index (χ0v) is 16.3. The second-order valence-electron chi connectivity index (χ2n) is 7.17. The van der Waals surface area contributed by atoms with E-state index >= 15 is 0 Å². The molecule has 28 heavy (non-hydrogen) atoms. The Labute approximate surface area is 167 Å². The molecule has 0 radical (unpaired) electrons. The summed E-state index contributed by atoms with van der Waals surface area (Å²) in [5.74, 6) is -0.00149. The maximum absolute atomic E-state index is 12.5. The predicted molar refractivity (Wildman–Crippen MR) is 116 cm³/mol. The Balaban J connectivity index is 1.24. The van der Waals surface area contributed by atoms with Crippen molar-refractivity contribution >= 4 is 39.5 Å². The predicted octanol–water partition coefficient (Wildman–Crippen LogP) is 4.97. The second kappa shape index (κ2) is 7.17. The lowest BCUT2D eigenvalue weighted by Crippen LogP contribution is -2.29. The van der Waals surface area contributed by atoms with Gasteiger partial charge in [-0.3, -0.25) is 4.79 Å². The average Bonchev–Trinajstić information content (AvgIpc) is 3.35. The summed E-state index contributed by atoms with van der Waals surface area (Å²) < 4.78 is 0. The molecule has 0 saturated heterocycles. The van der Waals surface area contributed by atoms with Gasteiger partial charge in [0.15, 0.2) is 0 Å². The number of hydrogen-bond acceptors (Lipinski definition) is 3. The minimum Gasteiger partial charge on any atom is -0.367 e. The van der Waals surface area contributed by atoms with Crippen LogP contribution in [0.4, 0.5) is 11.4 Å². The van der Waals surface area contributed by atoms with E-state index in [0.29, 0.717) is 6.42 Å². The van der Waals surface area contributed by atoms with E-state index in [0.717, 1.165) is 41.7 Å². The first kappa shape index (κ1) is 17.1. The Bertz CT molecular complexity index is 1130. The molecule has 1 aliphatic heterocycles. The topological polar surface area (TPSA) is 48.1 Å². The van der Waals surface area contributed by atoms with Crippen LogP contribution in [0.1, 0.15) is 16.0 Å². The molecule has 0 atom stereocenters. The fraction of sp³-hybridized carbons (Fsp3) is 0.174. The normalized spacial score (nSPS) is 13.5. The van der Waals surface area contributed by atoms with Crippen LogP contribution in [0.25, 0.3) is 10.9 Å². The van der Waals surface area contributed by atoms with Gasteiger partial charge in [-0.25, -0.2) is 0 Å². The number of hydrogen-bond donors (Lipinski definition) is 2. The summed E-state index contributed by atoms with van der Waals surface area (Å²) >= 11 is 1.86. The van der Waals surface area contributed by atoms with Crippen LogP contribution in [0.3, 0.4) is 0 Å². The minimum absolute atomic E-state index is 0.00149. The zero-order chi connectivity index (χ0) is 18.9. The number of H-pyrrole nitrogens is 1. The molecule has 3 heterocycles. The monoisotopic (exact) mass is 387 g/mol. The molecule has 0 fully saturated rings. The summed E-state index contributed by atoms with van der Waals surface area (Å²) in [5, 5.41) is 6.30. The first-order valence-corrected chi connectivity index (χ1v) is 10.4. The second-order valence-corrected chi connectivity index (χ2v) is 8.17. The van der Waals surface area contributed by atoms with Crippen molar-refractivity contribution < 1.29 is 4.79 Å². The first-order chi connectivity index (χ1) is 13.8. The minimum atomic E-state index is -0.00149. The fourth-order valence-corrected chi connectivity index (χ4v) is 4.77. The van der Waals surface area contributed by atoms with E-state index in [4.69, 9.17) is 0 Å². The summed E-state index contributed by atoms with van der Waals surface area (Å²) in [5.41, 5.74) is 5.55. The van der Waals surface area contributed by atoms with Gasteiger partial charge in [0, 0.05) is 46.4 Å². The van der Waals surface area contributed by atoms with Gasteiger partial charge >= 0.3 is 0 Å². The van der Waals surface area contributed by atoms with Gasteiger partial charge < -0.3 is 15.2 Å². The molecule has 2 aromatic heterocycles. The molecule has 5 rings (SSSR count). The highest BCUT2D eigenvalue weighted by atomic mass is 32.1. The molecule has 1 aliphatic rings. The summed E-state index contributed by atoms with van der Waals surface area (Å²) in [6, 6.07) is 18.5. The Hall–Kier alpha value is -3.05. The van der Waals surface area contributed by atoms with Crippen molar-refractivity contribution in [1.29, 1.82) is 0 Å². The van der Waals surface area contributed by atoms with Crippen LogP contribution in [0.5, 0.6) is 0 Å². The SMILES string of the molecule is O=C(Cc1c[nH]c2ccccc12)Nc1ccc(N2CCc3sccc3C2)cc1. The number of nitrogens with one attached hydrogen (secondary N) is 2. The van der Waals surface area contributed by atoms with E-state index < -0.39 is 0 Å². The maximum atomic E-state index is 12.5. The number of aromatic amines is 1. The van der Waals surface area contributed by atoms with Crippen molar-refractivity contribution in [1.82, 2.24) is 4.98 Å². The number of anilines is 2. The zero-order valence-electron chi connectivity index (χ0n) is 15.4. The van der Waals surface area contributed by atoms with Gasteiger partial charge in [-0.1, -0.05) is 18.2 Å². The van der Waals surface area contributed by atoms with Crippen molar-refractivity contribution in [3.05, 3.63) is 82.2 Å².